The molecule has 0 atom stereocenters. The number of anilines is 1. The molecule has 0 fully saturated rings. The van der Waals surface area contributed by atoms with Crippen molar-refractivity contribution in [1.29, 1.82) is 0 Å². The second-order valence-corrected chi connectivity index (χ2v) is 6.72. The van der Waals surface area contributed by atoms with Crippen LogP contribution in [0, 0.1) is 20.8 Å². The van der Waals surface area contributed by atoms with Gasteiger partial charge in [0.15, 0.2) is 5.82 Å². The van der Waals surface area contributed by atoms with Gasteiger partial charge in [0.05, 0.1) is 11.4 Å². The molecule has 0 saturated carbocycles. The molecule has 2 aromatic rings. The Balaban J connectivity index is 2.36. The molecule has 0 unspecified atom stereocenters. The summed E-state index contributed by atoms with van der Waals surface area (Å²) in [6.07, 6.45) is 1.52. The van der Waals surface area contributed by atoms with E-state index in [-0.39, 0.29) is 11.4 Å². The molecule has 0 saturated heterocycles. The minimum absolute atomic E-state index is 0.0376. The van der Waals surface area contributed by atoms with Gasteiger partial charge in [0.1, 0.15) is 6.33 Å². The number of rotatable bonds is 4. The van der Waals surface area contributed by atoms with E-state index in [9.17, 15) is 8.42 Å². The van der Waals surface area contributed by atoms with Crippen LogP contribution in [0.5, 0.6) is 0 Å². The highest BCUT2D eigenvalue weighted by atomic mass is 32.2. The van der Waals surface area contributed by atoms with E-state index in [2.05, 4.69) is 14.8 Å². The summed E-state index contributed by atoms with van der Waals surface area (Å²) in [6.45, 7) is 5.35. The Morgan fingerprint density at radius 2 is 1.95 bits per heavy atom. The average molecular weight is 309 g/mol. The molecule has 0 bridgehead atoms. The summed E-state index contributed by atoms with van der Waals surface area (Å²) in [5.41, 5.74) is 8.44. The van der Waals surface area contributed by atoms with Crippen LogP contribution in [-0.4, -0.2) is 23.2 Å². The molecule has 2 rings (SSSR count). The van der Waals surface area contributed by atoms with E-state index in [1.165, 1.54) is 11.0 Å². The van der Waals surface area contributed by atoms with Crippen LogP contribution in [0.15, 0.2) is 17.3 Å². The fourth-order valence-electron chi connectivity index (χ4n) is 2.14. The van der Waals surface area contributed by atoms with Crippen LogP contribution in [0.1, 0.15) is 22.5 Å². The lowest BCUT2D eigenvalue weighted by molar-refractivity contribution is 0.577. The van der Waals surface area contributed by atoms with E-state index >= 15 is 0 Å². The van der Waals surface area contributed by atoms with Crippen LogP contribution in [-0.2, 0) is 23.6 Å². The predicted octanol–water partition coefficient (Wildman–Crippen LogP) is 0.801. The van der Waals surface area contributed by atoms with Gasteiger partial charge in [0.2, 0.25) is 10.0 Å². The van der Waals surface area contributed by atoms with Gasteiger partial charge >= 0.3 is 0 Å². The monoisotopic (exact) mass is 309 g/mol. The molecule has 1 aromatic carbocycles. The lowest BCUT2D eigenvalue weighted by Crippen LogP contribution is -2.26. The molecule has 114 valence electrons. The van der Waals surface area contributed by atoms with Gasteiger partial charge in [-0.1, -0.05) is 0 Å². The normalized spacial score (nSPS) is 11.8. The molecule has 8 heteroatoms. The fraction of sp³-hybridized carbons (Fsp3) is 0.385. The Morgan fingerprint density at radius 1 is 1.29 bits per heavy atom. The number of aromatic nitrogens is 3. The Hall–Kier alpha value is -1.93. The lowest BCUT2D eigenvalue weighted by Gasteiger charge is -2.15. The maximum Gasteiger partial charge on any atom is 0.241 e. The molecule has 3 N–H and O–H groups in total. The van der Waals surface area contributed by atoms with E-state index in [0.717, 1.165) is 5.56 Å². The van der Waals surface area contributed by atoms with Crippen LogP contribution in [0.25, 0.3) is 0 Å². The zero-order valence-corrected chi connectivity index (χ0v) is 13.3. The van der Waals surface area contributed by atoms with Crippen LogP contribution < -0.4 is 10.5 Å². The zero-order chi connectivity index (χ0) is 15.8. The third-order valence-electron chi connectivity index (χ3n) is 3.41. The summed E-state index contributed by atoms with van der Waals surface area (Å²) < 4.78 is 29.1. The molecule has 0 aliphatic carbocycles. The van der Waals surface area contributed by atoms with Crippen LogP contribution >= 0.6 is 0 Å². The molecule has 0 aliphatic heterocycles. The number of nitrogens with zero attached hydrogens (tertiary/aromatic N) is 3. The maximum absolute atomic E-state index is 12.5. The topological polar surface area (TPSA) is 103 Å². The van der Waals surface area contributed by atoms with Crippen molar-refractivity contribution >= 4 is 15.7 Å². The number of benzene rings is 1. The summed E-state index contributed by atoms with van der Waals surface area (Å²) in [4.78, 5) is 4.23. The largest absolute Gasteiger partial charge is 0.398 e. The van der Waals surface area contributed by atoms with E-state index in [1.54, 1.807) is 27.0 Å². The van der Waals surface area contributed by atoms with Crippen molar-refractivity contribution in [3.05, 3.63) is 34.9 Å². The number of aryl methyl sites for hydroxylation is 2. The number of hydrogen-bond acceptors (Lipinski definition) is 5. The van der Waals surface area contributed by atoms with Crippen LogP contribution in [0.2, 0.25) is 0 Å². The molecule has 1 aromatic heterocycles. The smallest absolute Gasteiger partial charge is 0.241 e. The minimum Gasteiger partial charge on any atom is -0.398 e. The quantitative estimate of drug-likeness (QED) is 0.813. The first-order chi connectivity index (χ1) is 9.72. The number of nitrogens with one attached hydrogen (secondary N) is 1. The maximum atomic E-state index is 12.5. The molecular weight excluding hydrogens is 290 g/mol. The van der Waals surface area contributed by atoms with Gasteiger partial charge in [-0.3, -0.25) is 4.68 Å². The molecule has 7 nitrogen and oxygen atoms in total. The van der Waals surface area contributed by atoms with E-state index in [1.807, 2.05) is 6.92 Å². The molecule has 0 spiro atoms. The van der Waals surface area contributed by atoms with Gasteiger partial charge < -0.3 is 5.73 Å². The molecule has 1 heterocycles. The van der Waals surface area contributed by atoms with Gasteiger partial charge in [0.25, 0.3) is 0 Å². The summed E-state index contributed by atoms with van der Waals surface area (Å²) in [6, 6.07) is 1.78. The number of sulfonamides is 1. The fourth-order valence-corrected chi connectivity index (χ4v) is 3.69. The Morgan fingerprint density at radius 3 is 2.52 bits per heavy atom. The van der Waals surface area contributed by atoms with Gasteiger partial charge in [-0.25, -0.2) is 18.1 Å². The number of nitrogens with two attached hydrogens (primary N) is 1. The number of nitrogen functional groups attached to an aromatic ring is 1. The van der Waals surface area contributed by atoms with Crippen molar-refractivity contribution < 1.29 is 8.42 Å². The first kappa shape index (κ1) is 15.5. The second-order valence-electron chi connectivity index (χ2n) is 5.02. The lowest BCUT2D eigenvalue weighted by atomic mass is 10.1. The summed E-state index contributed by atoms with van der Waals surface area (Å²) in [5, 5.41) is 4.04. The van der Waals surface area contributed by atoms with Crippen molar-refractivity contribution in [1.82, 2.24) is 19.5 Å². The van der Waals surface area contributed by atoms with Crippen molar-refractivity contribution in [3.63, 3.8) is 0 Å². The van der Waals surface area contributed by atoms with Crippen LogP contribution in [0.4, 0.5) is 5.69 Å². The third-order valence-corrected chi connectivity index (χ3v) is 5.09. The number of hydrogen-bond donors (Lipinski definition) is 2. The first-order valence-electron chi connectivity index (χ1n) is 6.43. The van der Waals surface area contributed by atoms with E-state index < -0.39 is 10.0 Å². The van der Waals surface area contributed by atoms with Crippen molar-refractivity contribution in [2.45, 2.75) is 32.2 Å². The summed E-state index contributed by atoms with van der Waals surface area (Å²) >= 11 is 0. The predicted molar refractivity (Wildman–Crippen MR) is 80.1 cm³/mol. The van der Waals surface area contributed by atoms with Crippen molar-refractivity contribution in [2.75, 3.05) is 5.73 Å². The highest BCUT2D eigenvalue weighted by molar-refractivity contribution is 7.89. The second kappa shape index (κ2) is 5.45. The highest BCUT2D eigenvalue weighted by Gasteiger charge is 2.22. The minimum atomic E-state index is -3.67. The standard InChI is InChI=1S/C13H19N5O2S/c1-8-5-11(14)10(3)13(9(8)2)21(19,20)16-6-12-15-7-18(4)17-12/h5,7,16H,6,14H2,1-4H3. The molecule has 0 aliphatic rings. The Kier molecular flexibility index (Phi) is 4.02. The van der Waals surface area contributed by atoms with Gasteiger partial charge in [-0.05, 0) is 43.5 Å². The van der Waals surface area contributed by atoms with Gasteiger partial charge in [-0.15, -0.1) is 0 Å². The zero-order valence-electron chi connectivity index (χ0n) is 12.5. The third kappa shape index (κ3) is 3.06. The molecule has 21 heavy (non-hydrogen) atoms. The Bertz CT molecular complexity index is 754. The highest BCUT2D eigenvalue weighted by Crippen LogP contribution is 2.27. The van der Waals surface area contributed by atoms with E-state index in [4.69, 9.17) is 5.73 Å². The molecule has 0 amide bonds. The summed E-state index contributed by atoms with van der Waals surface area (Å²) in [7, 11) is -1.95. The average Bonchev–Trinajstić information content (AvgIpc) is 2.80. The Labute approximate surface area is 124 Å². The molecule has 0 radical (unpaired) electrons. The van der Waals surface area contributed by atoms with E-state index in [0.29, 0.717) is 22.6 Å². The molecular formula is C13H19N5O2S. The van der Waals surface area contributed by atoms with Crippen molar-refractivity contribution in [2.24, 2.45) is 7.05 Å². The van der Waals surface area contributed by atoms with Gasteiger partial charge in [0, 0.05) is 12.7 Å². The van der Waals surface area contributed by atoms with Gasteiger partial charge in [-0.2, -0.15) is 5.10 Å². The summed E-state index contributed by atoms with van der Waals surface area (Å²) in [5.74, 6) is 0.414. The SMILES string of the molecule is Cc1cc(N)c(C)c(S(=O)(=O)NCc2ncn(C)n2)c1C. The first-order valence-corrected chi connectivity index (χ1v) is 7.91. The van der Waals surface area contributed by atoms with Crippen molar-refractivity contribution in [3.8, 4) is 0 Å². The van der Waals surface area contributed by atoms with Crippen LogP contribution in [0.3, 0.4) is 0 Å².